The second kappa shape index (κ2) is 18.9. The highest BCUT2D eigenvalue weighted by Gasteiger charge is 2.35. The van der Waals surface area contributed by atoms with E-state index < -0.39 is 29.2 Å². The molecule has 0 unspecified atom stereocenters. The summed E-state index contributed by atoms with van der Waals surface area (Å²) in [4.78, 5) is 22.7. The fraction of sp³-hybridized carbons (Fsp3) is 0.517. The fourth-order valence-corrected chi connectivity index (χ4v) is 3.63. The number of hydrogen-bond donors (Lipinski definition) is 3. The zero-order valence-corrected chi connectivity index (χ0v) is 23.9. The molecule has 5 N–H and O–H groups in total. The predicted molar refractivity (Wildman–Crippen MR) is 154 cm³/mol. The van der Waals surface area contributed by atoms with E-state index in [-0.39, 0.29) is 11.9 Å². The second-order valence-corrected chi connectivity index (χ2v) is 9.66. The molecule has 3 rings (SSSR count). The monoisotopic (exact) mass is 564 g/mol. The largest absolute Gasteiger partial charge is 0.418 e. The van der Waals surface area contributed by atoms with E-state index in [1.165, 1.54) is 30.7 Å². The van der Waals surface area contributed by atoms with Gasteiger partial charge in [0.15, 0.2) is 11.7 Å². The molecular formula is C29H43F3N6O2. The summed E-state index contributed by atoms with van der Waals surface area (Å²) in [7, 11) is 3.59. The number of aromatic nitrogens is 1. The number of alkyl halides is 3. The van der Waals surface area contributed by atoms with Crippen LogP contribution in [0.4, 0.5) is 13.2 Å². The van der Waals surface area contributed by atoms with Gasteiger partial charge in [-0.15, -0.1) is 0 Å². The number of nitrogens with one attached hydrogen (secondary N) is 1. The number of nitrogens with two attached hydrogens (primary N) is 2. The van der Waals surface area contributed by atoms with E-state index in [4.69, 9.17) is 16.2 Å². The van der Waals surface area contributed by atoms with Crippen molar-refractivity contribution in [3.05, 3.63) is 65.5 Å². The highest BCUT2D eigenvalue weighted by Crippen LogP contribution is 2.32. The smallest absolute Gasteiger partial charge is 0.383 e. The lowest BCUT2D eigenvalue weighted by Gasteiger charge is -2.13. The van der Waals surface area contributed by atoms with E-state index in [2.05, 4.69) is 64.5 Å². The first-order valence-electron chi connectivity index (χ1n) is 13.4. The maximum atomic E-state index is 13.2. The summed E-state index contributed by atoms with van der Waals surface area (Å²) in [5, 5.41) is 2.94. The molecule has 222 valence electrons. The number of rotatable bonds is 8. The van der Waals surface area contributed by atoms with Crippen molar-refractivity contribution >= 4 is 17.6 Å². The Morgan fingerprint density at radius 1 is 1.12 bits per heavy atom. The van der Waals surface area contributed by atoms with Crippen LogP contribution in [0.15, 0.2) is 58.6 Å². The number of amidine groups is 2. The lowest BCUT2D eigenvalue weighted by Crippen LogP contribution is -2.32. The number of benzene rings is 1. The normalized spacial score (nSPS) is 14.3. The van der Waals surface area contributed by atoms with Gasteiger partial charge in [0.2, 0.25) is 0 Å². The summed E-state index contributed by atoms with van der Waals surface area (Å²) in [5.41, 5.74) is 10.4. The van der Waals surface area contributed by atoms with Gasteiger partial charge in [-0.2, -0.15) is 13.2 Å². The van der Waals surface area contributed by atoms with Crippen molar-refractivity contribution in [3.8, 4) is 0 Å². The molecule has 1 aromatic carbocycles. The molecular weight excluding hydrogens is 521 g/mol. The van der Waals surface area contributed by atoms with Gasteiger partial charge in [0.05, 0.1) is 18.2 Å². The van der Waals surface area contributed by atoms with E-state index in [1.807, 2.05) is 7.05 Å². The Labute approximate surface area is 235 Å². The third-order valence-electron chi connectivity index (χ3n) is 5.84. The molecule has 0 atom stereocenters. The van der Waals surface area contributed by atoms with E-state index in [9.17, 15) is 18.0 Å². The minimum Gasteiger partial charge on any atom is -0.383 e. The highest BCUT2D eigenvalue weighted by molar-refractivity contribution is 6.38. The number of carbonyl (C=O) groups excluding carboxylic acids is 1. The number of likely N-dealkylation sites (N-methyl/N-ethyl adjacent to an activating group) is 1. The molecule has 1 amide bonds. The summed E-state index contributed by atoms with van der Waals surface area (Å²) < 4.78 is 44.2. The van der Waals surface area contributed by atoms with Gasteiger partial charge in [-0.05, 0) is 56.3 Å². The first-order valence-corrected chi connectivity index (χ1v) is 13.4. The van der Waals surface area contributed by atoms with Gasteiger partial charge in [0.1, 0.15) is 5.69 Å². The minimum atomic E-state index is -4.63. The Morgan fingerprint density at radius 2 is 1.77 bits per heavy atom. The van der Waals surface area contributed by atoms with Crippen LogP contribution in [-0.4, -0.2) is 55.9 Å². The minimum absolute atomic E-state index is 0.169. The topological polar surface area (TPSA) is 128 Å². The second-order valence-electron chi connectivity index (χ2n) is 9.66. The average Bonchev–Trinajstić information content (AvgIpc) is 3.44. The Balaban J connectivity index is 0.000000388. The molecule has 1 saturated carbocycles. The number of ether oxygens (including phenoxy) is 1. The predicted octanol–water partition coefficient (Wildman–Crippen LogP) is 4.76. The average molecular weight is 565 g/mol. The van der Waals surface area contributed by atoms with Crippen molar-refractivity contribution in [2.45, 2.75) is 64.6 Å². The van der Waals surface area contributed by atoms with Crippen LogP contribution >= 0.6 is 0 Å². The highest BCUT2D eigenvalue weighted by atomic mass is 19.4. The third-order valence-corrected chi connectivity index (χ3v) is 5.84. The van der Waals surface area contributed by atoms with Crippen LogP contribution in [0.25, 0.3) is 0 Å². The molecule has 0 spiro atoms. The van der Waals surface area contributed by atoms with Gasteiger partial charge in [-0.25, -0.2) is 4.99 Å². The molecule has 1 heterocycles. The number of carbonyl (C=O) groups is 1. The number of halogens is 3. The van der Waals surface area contributed by atoms with Crippen LogP contribution in [0, 0.1) is 5.92 Å². The quantitative estimate of drug-likeness (QED) is 0.242. The van der Waals surface area contributed by atoms with E-state index in [1.54, 1.807) is 7.11 Å². The fourth-order valence-electron chi connectivity index (χ4n) is 3.63. The van der Waals surface area contributed by atoms with Crippen LogP contribution in [0.1, 0.15) is 62.8 Å². The molecule has 11 heteroatoms. The molecule has 2 aromatic rings. The van der Waals surface area contributed by atoms with E-state index in [0.717, 1.165) is 50.8 Å². The zero-order chi connectivity index (χ0) is 30.0. The molecule has 1 fully saturated rings. The van der Waals surface area contributed by atoms with E-state index >= 15 is 0 Å². The zero-order valence-electron chi connectivity index (χ0n) is 23.9. The van der Waals surface area contributed by atoms with Crippen molar-refractivity contribution in [2.24, 2.45) is 27.4 Å². The molecule has 8 nitrogen and oxygen atoms in total. The lowest BCUT2D eigenvalue weighted by atomic mass is 10.0. The van der Waals surface area contributed by atoms with Crippen molar-refractivity contribution in [1.82, 2.24) is 10.3 Å². The van der Waals surface area contributed by atoms with Gasteiger partial charge in [-0.1, -0.05) is 57.0 Å². The Morgan fingerprint density at radius 3 is 2.27 bits per heavy atom. The molecule has 0 bridgehead atoms. The molecule has 0 aliphatic heterocycles. The summed E-state index contributed by atoms with van der Waals surface area (Å²) in [6.07, 6.45) is 2.44. The van der Waals surface area contributed by atoms with Crippen LogP contribution in [0.3, 0.4) is 0 Å². The molecule has 40 heavy (non-hydrogen) atoms. The number of aliphatic imine (C=N–C) groups is 2. The number of hydrogen-bond acceptors (Lipinski definition) is 5. The first-order chi connectivity index (χ1) is 19.0. The Bertz CT molecular complexity index is 1050. The molecule has 0 radical (unpaired) electrons. The number of aryl methyl sites for hydroxylation is 1. The van der Waals surface area contributed by atoms with Crippen LogP contribution < -0.4 is 16.8 Å². The third kappa shape index (κ3) is 14.2. The van der Waals surface area contributed by atoms with E-state index in [0.29, 0.717) is 0 Å². The van der Waals surface area contributed by atoms with Gasteiger partial charge in [0.25, 0.3) is 5.91 Å². The number of pyridine rings is 1. The molecule has 0 saturated heterocycles. The SMILES string of the molecule is CC(C)CCc1ccccc1.CNCCOC.NC(=O)C(N)=NC(=NC1CCCC1)c1ncccc1C(F)(F)F. The van der Waals surface area contributed by atoms with Crippen molar-refractivity contribution < 1.29 is 22.7 Å². The first kappa shape index (κ1) is 34.7. The van der Waals surface area contributed by atoms with Gasteiger partial charge < -0.3 is 21.5 Å². The standard InChI is InChI=1S/C14H16F3N5O.C11H16.C4H11NO/c15-14(16,17)9-6-3-7-20-10(9)13(22-11(18)12(19)23)21-8-4-1-2-5-8;1-10(2)8-9-11-6-4-3-5-7-11;1-5-3-4-6-2/h3,6-8H,1-2,4-5H2,(H2,19,23)(H2,18,21,22);3-7,10H,8-9H2,1-2H3;5H,3-4H2,1-2H3. The maximum absolute atomic E-state index is 13.2. The molecule has 1 aromatic heterocycles. The summed E-state index contributed by atoms with van der Waals surface area (Å²) in [6, 6.07) is 12.6. The van der Waals surface area contributed by atoms with Crippen LogP contribution in [0.2, 0.25) is 0 Å². The lowest BCUT2D eigenvalue weighted by molar-refractivity contribution is -0.138. The number of nitrogens with zero attached hydrogens (tertiary/aromatic N) is 3. The van der Waals surface area contributed by atoms with Crippen molar-refractivity contribution in [1.29, 1.82) is 0 Å². The molecule has 1 aliphatic carbocycles. The Hall–Kier alpha value is -3.31. The summed E-state index contributed by atoms with van der Waals surface area (Å²) in [5.74, 6) is -1.15. The van der Waals surface area contributed by atoms with Crippen molar-refractivity contribution in [3.63, 3.8) is 0 Å². The van der Waals surface area contributed by atoms with Gasteiger partial charge >= 0.3 is 6.18 Å². The Kier molecular flexibility index (Phi) is 16.4. The van der Waals surface area contributed by atoms with Crippen molar-refractivity contribution in [2.75, 3.05) is 27.3 Å². The van der Waals surface area contributed by atoms with Gasteiger partial charge in [0, 0.05) is 19.9 Å². The molecule has 1 aliphatic rings. The maximum Gasteiger partial charge on any atom is 0.418 e. The number of primary amides is 1. The van der Waals surface area contributed by atoms with Gasteiger partial charge in [-0.3, -0.25) is 14.8 Å². The summed E-state index contributed by atoms with van der Waals surface area (Å²) in [6.45, 7) is 6.28. The van der Waals surface area contributed by atoms with Crippen LogP contribution in [0.5, 0.6) is 0 Å². The van der Waals surface area contributed by atoms with Crippen LogP contribution in [-0.2, 0) is 22.1 Å². The summed E-state index contributed by atoms with van der Waals surface area (Å²) >= 11 is 0. The number of amides is 1. The number of methoxy groups -OCH3 is 1.